The van der Waals surface area contributed by atoms with Crippen molar-refractivity contribution in [2.45, 2.75) is 33.1 Å². The number of amides is 1. The molecular weight excluding hydrogens is 457 g/mol. The van der Waals surface area contributed by atoms with Crippen LogP contribution in [0.15, 0.2) is 4.99 Å². The van der Waals surface area contributed by atoms with Crippen molar-refractivity contribution in [1.29, 1.82) is 0 Å². The van der Waals surface area contributed by atoms with Gasteiger partial charge in [-0.25, -0.2) is 12.7 Å². The average Bonchev–Trinajstić information content (AvgIpc) is 3.39. The molecule has 10 heteroatoms. The lowest BCUT2D eigenvalue weighted by Gasteiger charge is -2.15. The minimum Gasteiger partial charge on any atom is -0.357 e. The van der Waals surface area contributed by atoms with Crippen LogP contribution in [0.2, 0.25) is 0 Å². The van der Waals surface area contributed by atoms with Crippen LogP contribution in [0.25, 0.3) is 0 Å². The van der Waals surface area contributed by atoms with Gasteiger partial charge in [0.15, 0.2) is 5.96 Å². The molecule has 0 spiro atoms. The Morgan fingerprint density at radius 1 is 1.16 bits per heavy atom. The number of halogens is 1. The quantitative estimate of drug-likeness (QED) is 0.168. The van der Waals surface area contributed by atoms with E-state index in [1.807, 2.05) is 6.92 Å². The zero-order chi connectivity index (χ0) is 18.0. The van der Waals surface area contributed by atoms with E-state index in [0.717, 1.165) is 19.4 Å². The number of aliphatic imine (C=N–C) groups is 1. The van der Waals surface area contributed by atoms with Crippen LogP contribution >= 0.6 is 24.0 Å². The van der Waals surface area contributed by atoms with E-state index in [-0.39, 0.29) is 41.6 Å². The second kappa shape index (κ2) is 12.7. The van der Waals surface area contributed by atoms with Gasteiger partial charge < -0.3 is 16.0 Å². The highest BCUT2D eigenvalue weighted by atomic mass is 127. The summed E-state index contributed by atoms with van der Waals surface area (Å²) in [6.45, 7) is 6.52. The Morgan fingerprint density at radius 2 is 1.80 bits per heavy atom. The number of nitrogens with one attached hydrogen (secondary N) is 3. The van der Waals surface area contributed by atoms with Crippen molar-refractivity contribution < 1.29 is 13.2 Å². The fourth-order valence-corrected chi connectivity index (χ4v) is 2.89. The third kappa shape index (κ3) is 10.2. The van der Waals surface area contributed by atoms with E-state index < -0.39 is 10.0 Å². The second-order valence-corrected chi connectivity index (χ2v) is 8.19. The first-order valence-corrected chi connectivity index (χ1v) is 10.3. The highest BCUT2D eigenvalue weighted by Gasteiger charge is 2.28. The number of nitrogens with zero attached hydrogens (tertiary/aromatic N) is 2. The Labute approximate surface area is 168 Å². The van der Waals surface area contributed by atoms with Crippen molar-refractivity contribution in [2.24, 2.45) is 10.9 Å². The van der Waals surface area contributed by atoms with Crippen molar-refractivity contribution in [3.05, 3.63) is 0 Å². The van der Waals surface area contributed by atoms with E-state index in [2.05, 4.69) is 20.9 Å². The van der Waals surface area contributed by atoms with Crippen LogP contribution in [0, 0.1) is 5.92 Å². The first-order valence-electron chi connectivity index (χ1n) is 8.64. The topological polar surface area (TPSA) is 103 Å². The van der Waals surface area contributed by atoms with Gasteiger partial charge in [-0.05, 0) is 33.1 Å². The molecule has 25 heavy (non-hydrogen) atoms. The molecule has 1 saturated carbocycles. The first kappa shape index (κ1) is 24.4. The zero-order valence-corrected chi connectivity index (χ0v) is 18.5. The Kier molecular flexibility index (Phi) is 12.4. The van der Waals surface area contributed by atoms with Crippen LogP contribution in [-0.2, 0) is 14.8 Å². The van der Waals surface area contributed by atoms with Gasteiger partial charge in [0.25, 0.3) is 0 Å². The van der Waals surface area contributed by atoms with Crippen LogP contribution in [-0.4, -0.2) is 70.1 Å². The van der Waals surface area contributed by atoms with Gasteiger partial charge >= 0.3 is 0 Å². The maximum atomic E-state index is 11.6. The van der Waals surface area contributed by atoms with E-state index in [9.17, 15) is 13.2 Å². The maximum absolute atomic E-state index is 11.6. The molecule has 0 atom stereocenters. The molecule has 0 aromatic rings. The van der Waals surface area contributed by atoms with Gasteiger partial charge in [0, 0.05) is 45.7 Å². The van der Waals surface area contributed by atoms with E-state index in [4.69, 9.17) is 0 Å². The van der Waals surface area contributed by atoms with Crippen molar-refractivity contribution in [1.82, 2.24) is 20.3 Å². The normalized spacial score (nSPS) is 14.8. The van der Waals surface area contributed by atoms with Gasteiger partial charge in [-0.15, -0.1) is 24.0 Å². The van der Waals surface area contributed by atoms with Gasteiger partial charge in [0.05, 0.1) is 5.75 Å². The fourth-order valence-electron chi connectivity index (χ4n) is 2.04. The number of carbonyl (C=O) groups is 1. The summed E-state index contributed by atoms with van der Waals surface area (Å²) in [6, 6.07) is 0. The molecule has 0 heterocycles. The lowest BCUT2D eigenvalue weighted by atomic mass is 10.4. The summed E-state index contributed by atoms with van der Waals surface area (Å²) in [5.74, 6) is 1.16. The van der Waals surface area contributed by atoms with E-state index >= 15 is 0 Å². The average molecular weight is 489 g/mol. The molecule has 148 valence electrons. The van der Waals surface area contributed by atoms with E-state index in [0.29, 0.717) is 38.6 Å². The van der Waals surface area contributed by atoms with Gasteiger partial charge in [0.1, 0.15) is 0 Å². The summed E-state index contributed by atoms with van der Waals surface area (Å²) in [4.78, 5) is 15.9. The summed E-state index contributed by atoms with van der Waals surface area (Å²) in [6.07, 6.45) is 2.67. The number of hydrogen-bond acceptors (Lipinski definition) is 4. The molecule has 1 aliphatic carbocycles. The summed E-state index contributed by atoms with van der Waals surface area (Å²) in [5, 5.41) is 9.18. The molecule has 3 N–H and O–H groups in total. The third-order valence-electron chi connectivity index (χ3n) is 3.75. The Bertz CT molecular complexity index is 523. The number of rotatable bonds is 11. The van der Waals surface area contributed by atoms with Gasteiger partial charge in [-0.3, -0.25) is 9.79 Å². The Hall–Kier alpha value is -0.620. The van der Waals surface area contributed by atoms with Crippen molar-refractivity contribution >= 4 is 45.9 Å². The van der Waals surface area contributed by atoms with Crippen molar-refractivity contribution in [3.8, 4) is 0 Å². The molecule has 0 aliphatic heterocycles. The second-order valence-electron chi connectivity index (χ2n) is 5.83. The number of carbonyl (C=O) groups excluding carboxylic acids is 1. The molecule has 1 rings (SSSR count). The van der Waals surface area contributed by atoms with Crippen molar-refractivity contribution in [3.63, 3.8) is 0 Å². The number of hydrogen-bond donors (Lipinski definition) is 3. The molecule has 0 radical (unpaired) electrons. The predicted octanol–water partition coefficient (Wildman–Crippen LogP) is 0.357. The van der Waals surface area contributed by atoms with Gasteiger partial charge in [-0.2, -0.15) is 0 Å². The van der Waals surface area contributed by atoms with Crippen LogP contribution in [0.3, 0.4) is 0 Å². The molecule has 1 amide bonds. The van der Waals surface area contributed by atoms with Crippen LogP contribution in [0.5, 0.6) is 0 Å². The lowest BCUT2D eigenvalue weighted by Crippen LogP contribution is -2.42. The van der Waals surface area contributed by atoms with Crippen LogP contribution in [0.1, 0.15) is 33.1 Å². The molecule has 0 unspecified atom stereocenters. The molecule has 0 aromatic heterocycles. The van der Waals surface area contributed by atoms with E-state index in [1.165, 1.54) is 4.31 Å². The third-order valence-corrected chi connectivity index (χ3v) is 5.61. The highest BCUT2D eigenvalue weighted by Crippen LogP contribution is 2.28. The Morgan fingerprint density at radius 3 is 2.36 bits per heavy atom. The highest BCUT2D eigenvalue weighted by molar-refractivity contribution is 14.0. The van der Waals surface area contributed by atoms with E-state index in [1.54, 1.807) is 14.0 Å². The standard InChI is InChI=1S/C15H31N5O3S.HI/c1-4-16-15(19-11-10-17-14(21)13-7-8-13)18-9-6-12-20(3)24(22,23)5-2;/h13H,4-12H2,1-3H3,(H,17,21)(H2,16,18,19);1H. The minimum atomic E-state index is -3.12. The maximum Gasteiger partial charge on any atom is 0.223 e. The van der Waals surface area contributed by atoms with Gasteiger partial charge in [0.2, 0.25) is 15.9 Å². The summed E-state index contributed by atoms with van der Waals surface area (Å²) < 4.78 is 24.7. The Balaban J connectivity index is 0.00000576. The van der Waals surface area contributed by atoms with Crippen LogP contribution < -0.4 is 16.0 Å². The predicted molar refractivity (Wildman–Crippen MR) is 112 cm³/mol. The molecule has 0 aromatic carbocycles. The zero-order valence-electron chi connectivity index (χ0n) is 15.4. The largest absolute Gasteiger partial charge is 0.357 e. The fraction of sp³-hybridized carbons (Fsp3) is 0.867. The molecule has 1 fully saturated rings. The molecular formula is C15H32IN5O3S. The summed E-state index contributed by atoms with van der Waals surface area (Å²) in [7, 11) is -1.53. The smallest absolute Gasteiger partial charge is 0.223 e. The summed E-state index contributed by atoms with van der Waals surface area (Å²) >= 11 is 0. The number of guanidine groups is 1. The molecule has 8 nitrogen and oxygen atoms in total. The van der Waals surface area contributed by atoms with Crippen molar-refractivity contribution in [2.75, 3.05) is 45.5 Å². The van der Waals surface area contributed by atoms with Gasteiger partial charge in [-0.1, -0.05) is 0 Å². The van der Waals surface area contributed by atoms with Crippen LogP contribution in [0.4, 0.5) is 0 Å². The SMILES string of the molecule is CCNC(=NCCCN(C)S(=O)(=O)CC)NCCNC(=O)C1CC1.I. The lowest BCUT2D eigenvalue weighted by molar-refractivity contribution is -0.122. The monoisotopic (exact) mass is 489 g/mol. The number of sulfonamides is 1. The minimum absolute atomic E-state index is 0. The molecule has 0 bridgehead atoms. The summed E-state index contributed by atoms with van der Waals surface area (Å²) in [5.41, 5.74) is 0. The first-order chi connectivity index (χ1) is 11.4. The molecule has 1 aliphatic rings. The molecule has 0 saturated heterocycles.